The highest BCUT2D eigenvalue weighted by Crippen LogP contribution is 2.22. The summed E-state index contributed by atoms with van der Waals surface area (Å²) < 4.78 is 0. The number of rotatable bonds is 3. The number of carbonyl (C=O) groups is 1. The Kier molecular flexibility index (Phi) is 3.60. The first-order chi connectivity index (χ1) is 7.81. The maximum atomic E-state index is 11.9. The third-order valence-corrected chi connectivity index (χ3v) is 3.36. The fourth-order valence-electron chi connectivity index (χ4n) is 2.41. The molecule has 1 fully saturated rings. The molecule has 0 bridgehead atoms. The summed E-state index contributed by atoms with van der Waals surface area (Å²) in [5.41, 5.74) is 1.23. The van der Waals surface area contributed by atoms with E-state index >= 15 is 0 Å². The third-order valence-electron chi connectivity index (χ3n) is 3.36. The van der Waals surface area contributed by atoms with E-state index in [4.69, 9.17) is 0 Å². The lowest BCUT2D eigenvalue weighted by Crippen LogP contribution is -2.42. The minimum absolute atomic E-state index is 0.321. The summed E-state index contributed by atoms with van der Waals surface area (Å²) in [6.45, 7) is 2.94. The van der Waals surface area contributed by atoms with Crippen molar-refractivity contribution in [1.29, 1.82) is 0 Å². The second-order valence-corrected chi connectivity index (χ2v) is 4.46. The van der Waals surface area contributed by atoms with Crippen molar-refractivity contribution in [2.45, 2.75) is 45.2 Å². The number of likely N-dealkylation sites (tertiary alicyclic amines) is 1. The zero-order valence-electron chi connectivity index (χ0n) is 9.86. The second-order valence-electron chi connectivity index (χ2n) is 4.46. The van der Waals surface area contributed by atoms with E-state index in [9.17, 15) is 4.79 Å². The molecule has 0 radical (unpaired) electrons. The van der Waals surface area contributed by atoms with Crippen LogP contribution in [0.2, 0.25) is 0 Å². The Balaban J connectivity index is 2.08. The van der Waals surface area contributed by atoms with Gasteiger partial charge in [-0.3, -0.25) is 4.79 Å². The summed E-state index contributed by atoms with van der Waals surface area (Å²) in [6.07, 6.45) is 4.01. The van der Waals surface area contributed by atoms with E-state index < -0.39 is 0 Å². The molecule has 1 aliphatic heterocycles. The van der Waals surface area contributed by atoms with Crippen LogP contribution in [0.5, 0.6) is 0 Å². The zero-order chi connectivity index (χ0) is 11.4. The van der Waals surface area contributed by atoms with Crippen LogP contribution in [0.1, 0.15) is 38.2 Å². The molecule has 1 heterocycles. The first-order valence-electron chi connectivity index (χ1n) is 6.14. The summed E-state index contributed by atoms with van der Waals surface area (Å²) in [6, 6.07) is 10.7. The van der Waals surface area contributed by atoms with E-state index in [2.05, 4.69) is 24.0 Å². The molecule has 1 amide bonds. The Hall–Kier alpha value is -1.31. The van der Waals surface area contributed by atoms with Gasteiger partial charge in [-0.05, 0) is 24.8 Å². The van der Waals surface area contributed by atoms with Crippen molar-refractivity contribution in [3.63, 3.8) is 0 Å². The van der Waals surface area contributed by atoms with Crippen LogP contribution in [0.15, 0.2) is 30.3 Å². The monoisotopic (exact) mass is 217 g/mol. The highest BCUT2D eigenvalue weighted by molar-refractivity contribution is 5.77. The maximum absolute atomic E-state index is 11.9. The van der Waals surface area contributed by atoms with Gasteiger partial charge in [0.1, 0.15) is 0 Å². The van der Waals surface area contributed by atoms with Crippen molar-refractivity contribution in [2.75, 3.05) is 0 Å². The van der Waals surface area contributed by atoms with Crippen LogP contribution in [-0.4, -0.2) is 16.8 Å². The van der Waals surface area contributed by atoms with Crippen LogP contribution in [0, 0.1) is 0 Å². The molecule has 1 aromatic rings. The molecule has 0 N–H and O–H groups in total. The maximum Gasteiger partial charge on any atom is 0.223 e. The quantitative estimate of drug-likeness (QED) is 0.762. The van der Waals surface area contributed by atoms with Gasteiger partial charge in [-0.2, -0.15) is 0 Å². The molecule has 16 heavy (non-hydrogen) atoms. The lowest BCUT2D eigenvalue weighted by atomic mass is 9.98. The number of hydrogen-bond donors (Lipinski definition) is 0. The number of amides is 1. The largest absolute Gasteiger partial charge is 0.335 e. The fourth-order valence-corrected chi connectivity index (χ4v) is 2.41. The minimum Gasteiger partial charge on any atom is -0.335 e. The predicted molar refractivity (Wildman–Crippen MR) is 64.9 cm³/mol. The average molecular weight is 217 g/mol. The van der Waals surface area contributed by atoms with Crippen molar-refractivity contribution in [2.24, 2.45) is 0 Å². The normalized spacial score (nSPS) is 21.2. The standard InChI is InChI=1S/C14H19NO/c1-2-13-9-6-10-14(16)15(13)11-12-7-4-3-5-8-12/h3-5,7-8,13H,2,6,9-11H2,1H3. The summed E-state index contributed by atoms with van der Waals surface area (Å²) in [4.78, 5) is 13.9. The molecule has 0 spiro atoms. The molecule has 2 rings (SSSR count). The van der Waals surface area contributed by atoms with Crippen molar-refractivity contribution in [3.8, 4) is 0 Å². The van der Waals surface area contributed by atoms with Crippen LogP contribution in [0.4, 0.5) is 0 Å². The Morgan fingerprint density at radius 2 is 2.06 bits per heavy atom. The SMILES string of the molecule is CCC1CCCC(=O)N1Cc1ccccc1. The van der Waals surface area contributed by atoms with Crippen molar-refractivity contribution in [1.82, 2.24) is 4.90 Å². The first kappa shape index (κ1) is 11.2. The van der Waals surface area contributed by atoms with Crippen molar-refractivity contribution >= 4 is 5.91 Å². The molecule has 1 aromatic carbocycles. The summed E-state index contributed by atoms with van der Waals surface area (Å²) in [5.74, 6) is 0.321. The number of piperidine rings is 1. The number of benzene rings is 1. The second kappa shape index (κ2) is 5.15. The fraction of sp³-hybridized carbons (Fsp3) is 0.500. The lowest BCUT2D eigenvalue weighted by molar-refractivity contribution is -0.137. The number of carbonyl (C=O) groups excluding carboxylic acids is 1. The molecule has 2 nitrogen and oxygen atoms in total. The van der Waals surface area contributed by atoms with Gasteiger partial charge in [0.15, 0.2) is 0 Å². The van der Waals surface area contributed by atoms with Gasteiger partial charge in [0.25, 0.3) is 0 Å². The minimum atomic E-state index is 0.321. The molecule has 0 aromatic heterocycles. The van der Waals surface area contributed by atoms with Gasteiger partial charge in [0, 0.05) is 19.0 Å². The van der Waals surface area contributed by atoms with Crippen molar-refractivity contribution in [3.05, 3.63) is 35.9 Å². The van der Waals surface area contributed by atoms with E-state index in [0.29, 0.717) is 11.9 Å². The van der Waals surface area contributed by atoms with Gasteiger partial charge in [-0.1, -0.05) is 37.3 Å². The Morgan fingerprint density at radius 3 is 2.75 bits per heavy atom. The molecule has 1 aliphatic rings. The molecular formula is C14H19NO. The van der Waals surface area contributed by atoms with E-state index in [-0.39, 0.29) is 0 Å². The first-order valence-corrected chi connectivity index (χ1v) is 6.14. The highest BCUT2D eigenvalue weighted by Gasteiger charge is 2.26. The molecule has 0 saturated carbocycles. The van der Waals surface area contributed by atoms with Crippen LogP contribution in [0.3, 0.4) is 0 Å². The van der Waals surface area contributed by atoms with Gasteiger partial charge >= 0.3 is 0 Å². The Morgan fingerprint density at radius 1 is 1.31 bits per heavy atom. The summed E-state index contributed by atoms with van der Waals surface area (Å²) in [5, 5.41) is 0. The molecule has 2 heteroatoms. The van der Waals surface area contributed by atoms with E-state index in [1.54, 1.807) is 0 Å². The number of nitrogens with zero attached hydrogens (tertiary/aromatic N) is 1. The Bertz CT molecular complexity index is 347. The molecule has 1 atom stereocenters. The van der Waals surface area contributed by atoms with E-state index in [1.807, 2.05) is 18.2 Å². The van der Waals surface area contributed by atoms with Crippen LogP contribution < -0.4 is 0 Å². The number of hydrogen-bond acceptors (Lipinski definition) is 1. The van der Waals surface area contributed by atoms with Crippen LogP contribution >= 0.6 is 0 Å². The topological polar surface area (TPSA) is 20.3 Å². The summed E-state index contributed by atoms with van der Waals surface area (Å²) in [7, 11) is 0. The van der Waals surface area contributed by atoms with Crippen LogP contribution in [0.25, 0.3) is 0 Å². The predicted octanol–water partition coefficient (Wildman–Crippen LogP) is 2.98. The molecule has 1 unspecified atom stereocenters. The van der Waals surface area contributed by atoms with Gasteiger partial charge < -0.3 is 4.90 Å². The van der Waals surface area contributed by atoms with Crippen molar-refractivity contribution < 1.29 is 4.79 Å². The summed E-state index contributed by atoms with van der Waals surface area (Å²) >= 11 is 0. The van der Waals surface area contributed by atoms with Gasteiger partial charge in [0.05, 0.1) is 0 Å². The van der Waals surface area contributed by atoms with E-state index in [1.165, 1.54) is 5.56 Å². The Labute approximate surface area is 97.3 Å². The molecule has 86 valence electrons. The highest BCUT2D eigenvalue weighted by atomic mass is 16.2. The molecule has 0 aliphatic carbocycles. The van der Waals surface area contributed by atoms with Gasteiger partial charge in [-0.15, -0.1) is 0 Å². The molecule has 1 saturated heterocycles. The van der Waals surface area contributed by atoms with E-state index in [0.717, 1.165) is 32.2 Å². The van der Waals surface area contributed by atoms with Gasteiger partial charge in [-0.25, -0.2) is 0 Å². The zero-order valence-corrected chi connectivity index (χ0v) is 9.86. The smallest absolute Gasteiger partial charge is 0.223 e. The lowest BCUT2D eigenvalue weighted by Gasteiger charge is -2.35. The molecular weight excluding hydrogens is 198 g/mol. The van der Waals surface area contributed by atoms with Gasteiger partial charge in [0.2, 0.25) is 5.91 Å². The average Bonchev–Trinajstić information content (AvgIpc) is 2.33. The third kappa shape index (κ3) is 2.43. The van der Waals surface area contributed by atoms with Crippen LogP contribution in [-0.2, 0) is 11.3 Å².